The Hall–Kier alpha value is -1.15. The predicted molar refractivity (Wildman–Crippen MR) is 53.2 cm³/mol. The van der Waals surface area contributed by atoms with Crippen molar-refractivity contribution in [1.29, 1.82) is 0 Å². The van der Waals surface area contributed by atoms with Crippen molar-refractivity contribution in [2.75, 3.05) is 0 Å². The maximum atomic E-state index is 3.26. The maximum absolute atomic E-state index is 3.26. The molecule has 0 saturated heterocycles. The number of nitrogens with one attached hydrogen (secondary N) is 1. The highest BCUT2D eigenvalue weighted by Crippen LogP contribution is 2.35. The quantitative estimate of drug-likeness (QED) is 0.646. The zero-order chi connectivity index (χ0) is 7.97. The Balaban J connectivity index is 2.57. The first-order valence-corrected chi connectivity index (χ1v) is 4.76. The number of benzene rings is 1. The summed E-state index contributed by atoms with van der Waals surface area (Å²) in [5, 5.41) is 3.50. The van der Waals surface area contributed by atoms with Gasteiger partial charge in [0.2, 0.25) is 0 Å². The van der Waals surface area contributed by atoms with Gasteiger partial charge in [0, 0.05) is 27.6 Å². The van der Waals surface area contributed by atoms with Crippen LogP contribution in [0.4, 0.5) is 0 Å². The second-order valence-electron chi connectivity index (χ2n) is 2.84. The smallest absolute Gasteiger partial charge is 0.0471 e. The van der Waals surface area contributed by atoms with Crippen LogP contribution in [0.5, 0.6) is 0 Å². The van der Waals surface area contributed by atoms with Gasteiger partial charge in [0.05, 0.1) is 0 Å². The van der Waals surface area contributed by atoms with Crippen molar-refractivity contribution in [3.05, 3.63) is 35.4 Å². The molecule has 1 N–H and O–H groups in total. The molecule has 0 aliphatic carbocycles. The summed E-state index contributed by atoms with van der Waals surface area (Å²) in [4.78, 5) is 4.61. The summed E-state index contributed by atoms with van der Waals surface area (Å²) < 4.78 is 0. The van der Waals surface area contributed by atoms with E-state index in [4.69, 9.17) is 0 Å². The fraction of sp³-hybridized carbons (Fsp3) is 0. The average Bonchev–Trinajstić information content (AvgIpc) is 2.52. The largest absolute Gasteiger partial charge is 0.361 e. The Kier molecular flexibility index (Phi) is 1.15. The minimum absolute atomic E-state index is 1.24. The zero-order valence-electron chi connectivity index (χ0n) is 6.37. The lowest BCUT2D eigenvalue weighted by atomic mass is 10.2. The monoisotopic (exact) mass is 173 g/mol. The molecule has 3 rings (SSSR count). The van der Waals surface area contributed by atoms with E-state index in [0.717, 1.165) is 0 Å². The van der Waals surface area contributed by atoms with Crippen LogP contribution >= 0.6 is 11.8 Å². The third kappa shape index (κ3) is 0.703. The van der Waals surface area contributed by atoms with Gasteiger partial charge in [-0.25, -0.2) is 0 Å². The van der Waals surface area contributed by atoms with Gasteiger partial charge in [-0.1, -0.05) is 17.8 Å². The molecular weight excluding hydrogens is 166 g/mol. The summed E-state index contributed by atoms with van der Waals surface area (Å²) in [6.45, 7) is 0. The summed E-state index contributed by atoms with van der Waals surface area (Å²) in [6.07, 6.45) is 4.21. The van der Waals surface area contributed by atoms with Crippen LogP contribution < -0.4 is 0 Å². The highest BCUT2D eigenvalue weighted by molar-refractivity contribution is 8.02. The molecule has 12 heavy (non-hydrogen) atoms. The van der Waals surface area contributed by atoms with Crippen molar-refractivity contribution in [2.45, 2.75) is 4.90 Å². The first kappa shape index (κ1) is 6.38. The van der Waals surface area contributed by atoms with Gasteiger partial charge < -0.3 is 4.98 Å². The molecular formula is C10H7NS. The lowest BCUT2D eigenvalue weighted by molar-refractivity contribution is 1.46. The summed E-state index contributed by atoms with van der Waals surface area (Å²) in [7, 11) is 0. The number of H-pyrrole nitrogens is 1. The first-order valence-electron chi connectivity index (χ1n) is 3.88. The molecule has 0 saturated carbocycles. The van der Waals surface area contributed by atoms with E-state index in [-0.39, 0.29) is 0 Å². The molecule has 2 aromatic rings. The molecule has 1 nitrogen and oxygen atoms in total. The van der Waals surface area contributed by atoms with Crippen LogP contribution in [0.3, 0.4) is 0 Å². The van der Waals surface area contributed by atoms with Crippen molar-refractivity contribution in [3.63, 3.8) is 0 Å². The Morgan fingerprint density at radius 2 is 2.25 bits per heavy atom. The normalized spacial score (nSPS) is 14.0. The van der Waals surface area contributed by atoms with Crippen LogP contribution in [0.25, 0.3) is 17.0 Å². The minimum Gasteiger partial charge on any atom is -0.361 e. The first-order chi connectivity index (χ1) is 5.95. The fourth-order valence-electron chi connectivity index (χ4n) is 1.59. The topological polar surface area (TPSA) is 15.8 Å². The van der Waals surface area contributed by atoms with Gasteiger partial charge in [-0.3, -0.25) is 0 Å². The van der Waals surface area contributed by atoms with Crippen LogP contribution in [0.2, 0.25) is 0 Å². The van der Waals surface area contributed by atoms with E-state index in [1.165, 1.54) is 21.4 Å². The van der Waals surface area contributed by atoms with Gasteiger partial charge in [0.25, 0.3) is 0 Å². The molecule has 1 aromatic carbocycles. The molecule has 0 spiro atoms. The third-order valence-corrected chi connectivity index (χ3v) is 3.01. The van der Waals surface area contributed by atoms with Crippen LogP contribution in [-0.2, 0) is 0 Å². The summed E-state index contributed by atoms with van der Waals surface area (Å²) in [5.74, 6) is 0. The van der Waals surface area contributed by atoms with Gasteiger partial charge in [0.15, 0.2) is 0 Å². The van der Waals surface area contributed by atoms with E-state index in [9.17, 15) is 0 Å². The van der Waals surface area contributed by atoms with Gasteiger partial charge in [-0.05, 0) is 23.6 Å². The summed E-state index contributed by atoms with van der Waals surface area (Å²) in [6, 6.07) is 6.36. The fourth-order valence-corrected chi connectivity index (χ4v) is 2.45. The van der Waals surface area contributed by atoms with E-state index in [0.29, 0.717) is 0 Å². The molecule has 0 unspecified atom stereocenters. The van der Waals surface area contributed by atoms with Crippen LogP contribution in [0.15, 0.2) is 34.7 Å². The number of rotatable bonds is 0. The molecule has 0 radical (unpaired) electrons. The number of hydrogen-bond acceptors (Lipinski definition) is 1. The highest BCUT2D eigenvalue weighted by Gasteiger charge is 2.08. The van der Waals surface area contributed by atoms with Crippen molar-refractivity contribution in [1.82, 2.24) is 4.98 Å². The Bertz CT molecular complexity index is 468. The molecule has 2 heterocycles. The van der Waals surface area contributed by atoms with E-state index >= 15 is 0 Å². The minimum atomic E-state index is 1.24. The molecule has 2 heteroatoms. The number of thioether (sulfide) groups is 1. The number of hydrogen-bond donors (Lipinski definition) is 1. The second kappa shape index (κ2) is 2.17. The van der Waals surface area contributed by atoms with Crippen molar-refractivity contribution in [2.24, 2.45) is 0 Å². The molecule has 0 amide bonds. The molecule has 0 atom stereocenters. The van der Waals surface area contributed by atoms with Crippen LogP contribution in [0.1, 0.15) is 5.56 Å². The Morgan fingerprint density at radius 3 is 3.25 bits per heavy atom. The molecule has 58 valence electrons. The zero-order valence-corrected chi connectivity index (χ0v) is 7.19. The lowest BCUT2D eigenvalue weighted by Crippen LogP contribution is -1.77. The Labute approximate surface area is 74.5 Å². The standard InChI is InChI=1S/C10H7NS/c1-2-8-10-7(6-11-8)4-5-12-9(10)3-1/h1-6,11H. The van der Waals surface area contributed by atoms with Gasteiger partial charge >= 0.3 is 0 Å². The molecule has 1 aliphatic rings. The van der Waals surface area contributed by atoms with Crippen LogP contribution in [0, 0.1) is 0 Å². The van der Waals surface area contributed by atoms with E-state index < -0.39 is 0 Å². The number of aromatic amines is 1. The van der Waals surface area contributed by atoms with Crippen molar-refractivity contribution in [3.8, 4) is 0 Å². The predicted octanol–water partition coefficient (Wildman–Crippen LogP) is 3.24. The molecule has 0 bridgehead atoms. The molecule has 0 fully saturated rings. The Morgan fingerprint density at radius 1 is 1.25 bits per heavy atom. The molecule has 1 aliphatic heterocycles. The SMILES string of the molecule is C1=Cc2c[nH]c3cccc(c23)S1. The van der Waals surface area contributed by atoms with E-state index in [2.05, 4.69) is 40.9 Å². The third-order valence-electron chi connectivity index (χ3n) is 2.14. The van der Waals surface area contributed by atoms with Crippen molar-refractivity contribution >= 4 is 28.7 Å². The maximum Gasteiger partial charge on any atom is 0.0471 e. The summed E-state index contributed by atoms with van der Waals surface area (Å²) >= 11 is 1.79. The summed E-state index contributed by atoms with van der Waals surface area (Å²) in [5.41, 5.74) is 2.54. The number of aromatic nitrogens is 1. The van der Waals surface area contributed by atoms with Gasteiger partial charge in [-0.15, -0.1) is 0 Å². The van der Waals surface area contributed by atoms with E-state index in [1.54, 1.807) is 11.8 Å². The van der Waals surface area contributed by atoms with E-state index in [1.807, 2.05) is 0 Å². The lowest BCUT2D eigenvalue weighted by Gasteiger charge is -2.04. The second-order valence-corrected chi connectivity index (χ2v) is 3.79. The van der Waals surface area contributed by atoms with Gasteiger partial charge in [-0.2, -0.15) is 0 Å². The van der Waals surface area contributed by atoms with Crippen LogP contribution in [-0.4, -0.2) is 4.98 Å². The average molecular weight is 173 g/mol. The highest BCUT2D eigenvalue weighted by atomic mass is 32.2. The van der Waals surface area contributed by atoms with Crippen molar-refractivity contribution < 1.29 is 0 Å². The molecule has 1 aromatic heterocycles. The van der Waals surface area contributed by atoms with Gasteiger partial charge in [0.1, 0.15) is 0 Å².